The molecule has 0 spiro atoms. The molecule has 0 saturated carbocycles. The van der Waals surface area contributed by atoms with Crippen molar-refractivity contribution in [3.63, 3.8) is 0 Å². The van der Waals surface area contributed by atoms with Crippen molar-refractivity contribution in [2.45, 2.75) is 17.0 Å². The van der Waals surface area contributed by atoms with E-state index in [2.05, 4.69) is 14.9 Å². The zero-order valence-corrected chi connectivity index (χ0v) is 12.8. The highest BCUT2D eigenvalue weighted by Crippen LogP contribution is 2.26. The van der Waals surface area contributed by atoms with E-state index < -0.39 is 5.97 Å². The van der Waals surface area contributed by atoms with E-state index in [1.54, 1.807) is 23.1 Å². The van der Waals surface area contributed by atoms with Crippen molar-refractivity contribution < 1.29 is 14.3 Å². The van der Waals surface area contributed by atoms with Crippen LogP contribution >= 0.6 is 23.1 Å². The topological polar surface area (TPSA) is 61.3 Å². The van der Waals surface area contributed by atoms with Crippen LogP contribution in [0.5, 0.6) is 5.75 Å². The summed E-state index contributed by atoms with van der Waals surface area (Å²) < 4.78 is 10.8. The number of hydrogen-bond acceptors (Lipinski definition) is 7. The first-order chi connectivity index (χ1) is 9.67. The van der Waals surface area contributed by atoms with Gasteiger partial charge in [0.05, 0.1) is 7.11 Å². The molecule has 1 aromatic carbocycles. The third kappa shape index (κ3) is 4.50. The van der Waals surface area contributed by atoms with Crippen LogP contribution in [0.1, 0.15) is 10.6 Å². The van der Waals surface area contributed by atoms with Crippen molar-refractivity contribution in [1.82, 2.24) is 10.2 Å². The molecular formula is C13H14N2O3S2. The molecule has 2 aromatic rings. The lowest BCUT2D eigenvalue weighted by Gasteiger charge is -2.05. The Kier molecular flexibility index (Phi) is 5.37. The molecule has 106 valence electrons. The number of ether oxygens (including phenoxy) is 2. The molecule has 0 saturated heterocycles. The second kappa shape index (κ2) is 7.25. The average molecular weight is 310 g/mol. The Balaban J connectivity index is 1.83. The smallest absolute Gasteiger partial charge is 0.343 e. The van der Waals surface area contributed by atoms with Gasteiger partial charge in [-0.3, -0.25) is 0 Å². The van der Waals surface area contributed by atoms with E-state index in [0.29, 0.717) is 5.75 Å². The van der Waals surface area contributed by atoms with Gasteiger partial charge in [-0.05, 0) is 24.6 Å². The molecule has 5 nitrogen and oxygen atoms in total. The van der Waals surface area contributed by atoms with Crippen molar-refractivity contribution in [3.8, 4) is 5.75 Å². The number of esters is 1. The second-order valence-electron chi connectivity index (χ2n) is 3.88. The van der Waals surface area contributed by atoms with Crippen LogP contribution in [0.2, 0.25) is 0 Å². The van der Waals surface area contributed by atoms with E-state index in [1.807, 2.05) is 31.2 Å². The maximum atomic E-state index is 11.0. The van der Waals surface area contributed by atoms with E-state index in [4.69, 9.17) is 4.74 Å². The van der Waals surface area contributed by atoms with Crippen LogP contribution in [0.15, 0.2) is 28.6 Å². The number of rotatable bonds is 6. The number of thioether (sulfide) groups is 1. The summed E-state index contributed by atoms with van der Waals surface area (Å²) in [7, 11) is 1.33. The molecule has 0 N–H and O–H groups in total. The van der Waals surface area contributed by atoms with Crippen molar-refractivity contribution in [2.24, 2.45) is 0 Å². The molecule has 2 rings (SSSR count). The molecule has 0 amide bonds. The summed E-state index contributed by atoms with van der Waals surface area (Å²) in [6.07, 6.45) is 0. The van der Waals surface area contributed by atoms with Crippen molar-refractivity contribution in [2.75, 3.05) is 13.7 Å². The third-order valence-electron chi connectivity index (χ3n) is 2.38. The highest BCUT2D eigenvalue weighted by atomic mass is 32.2. The Morgan fingerprint density at radius 2 is 2.05 bits per heavy atom. The predicted octanol–water partition coefficient (Wildman–Crippen LogP) is 2.69. The average Bonchev–Trinajstić information content (AvgIpc) is 2.89. The lowest BCUT2D eigenvalue weighted by atomic mass is 10.2. The number of benzene rings is 1. The quantitative estimate of drug-likeness (QED) is 0.604. The molecule has 1 aromatic heterocycles. The number of aromatic nitrogens is 2. The summed E-state index contributed by atoms with van der Waals surface area (Å²) in [6.45, 7) is 1.86. The Morgan fingerprint density at radius 1 is 1.30 bits per heavy atom. The third-order valence-corrected chi connectivity index (χ3v) is 4.42. The molecule has 7 heteroatoms. The maximum absolute atomic E-state index is 11.0. The number of hydrogen-bond donors (Lipinski definition) is 0. The van der Waals surface area contributed by atoms with Gasteiger partial charge in [-0.25, -0.2) is 4.79 Å². The first-order valence-corrected chi connectivity index (χ1v) is 7.69. The molecule has 0 radical (unpaired) electrons. The molecule has 1 heterocycles. The van der Waals surface area contributed by atoms with Gasteiger partial charge in [-0.2, -0.15) is 0 Å². The van der Waals surface area contributed by atoms with Gasteiger partial charge in [-0.15, -0.1) is 10.2 Å². The van der Waals surface area contributed by atoms with E-state index >= 15 is 0 Å². The number of nitrogens with zero attached hydrogens (tertiary/aromatic N) is 2. The Hall–Kier alpha value is -1.60. The first kappa shape index (κ1) is 14.8. The largest absolute Gasteiger partial charge is 0.482 e. The monoisotopic (exact) mass is 310 g/mol. The van der Waals surface area contributed by atoms with Crippen LogP contribution in [-0.2, 0) is 15.3 Å². The zero-order chi connectivity index (χ0) is 14.4. The van der Waals surface area contributed by atoms with Gasteiger partial charge < -0.3 is 9.47 Å². The molecule has 0 aliphatic carbocycles. The van der Waals surface area contributed by atoms with Crippen LogP contribution in [0, 0.1) is 6.92 Å². The van der Waals surface area contributed by atoms with Crippen LogP contribution < -0.4 is 4.74 Å². The minimum absolute atomic E-state index is 0.0747. The fourth-order valence-electron chi connectivity index (χ4n) is 1.36. The lowest BCUT2D eigenvalue weighted by Crippen LogP contribution is -2.12. The molecule has 0 bridgehead atoms. The van der Waals surface area contributed by atoms with E-state index in [9.17, 15) is 4.79 Å². The van der Waals surface area contributed by atoms with Gasteiger partial charge >= 0.3 is 5.97 Å². The Bertz CT molecular complexity index is 569. The minimum Gasteiger partial charge on any atom is -0.482 e. The lowest BCUT2D eigenvalue weighted by molar-refractivity contribution is -0.142. The van der Waals surface area contributed by atoms with Gasteiger partial charge in [0.15, 0.2) is 10.9 Å². The minimum atomic E-state index is -0.392. The summed E-state index contributed by atoms with van der Waals surface area (Å²) in [4.78, 5) is 11.0. The van der Waals surface area contributed by atoms with Gasteiger partial charge in [0.2, 0.25) is 0 Å². The van der Waals surface area contributed by atoms with Gasteiger partial charge in [-0.1, -0.05) is 35.2 Å². The SMILES string of the molecule is COC(=O)COc1ccc(CSc2nnc(C)s2)cc1. The van der Waals surface area contributed by atoms with E-state index in [-0.39, 0.29) is 6.61 Å². The van der Waals surface area contributed by atoms with Crippen LogP contribution in [0.25, 0.3) is 0 Å². The summed E-state index contributed by atoms with van der Waals surface area (Å²) in [6, 6.07) is 7.61. The first-order valence-electron chi connectivity index (χ1n) is 5.89. The van der Waals surface area contributed by atoms with Gasteiger partial charge in [0.25, 0.3) is 0 Å². The summed E-state index contributed by atoms with van der Waals surface area (Å²) >= 11 is 3.24. The number of methoxy groups -OCH3 is 1. The van der Waals surface area contributed by atoms with Crippen molar-refractivity contribution in [1.29, 1.82) is 0 Å². The summed E-state index contributed by atoms with van der Waals surface area (Å²) in [5.74, 6) is 1.08. The number of carbonyl (C=O) groups excluding carboxylic acids is 1. The molecule has 0 aliphatic heterocycles. The normalized spacial score (nSPS) is 10.3. The fourth-order valence-corrected chi connectivity index (χ4v) is 3.14. The van der Waals surface area contributed by atoms with Crippen molar-refractivity contribution in [3.05, 3.63) is 34.8 Å². The van der Waals surface area contributed by atoms with Crippen LogP contribution in [0.4, 0.5) is 0 Å². The molecule has 20 heavy (non-hydrogen) atoms. The Labute approximate surface area is 125 Å². The maximum Gasteiger partial charge on any atom is 0.343 e. The standard InChI is InChI=1S/C13H14N2O3S2/c1-9-14-15-13(20-9)19-8-10-3-5-11(6-4-10)18-7-12(16)17-2/h3-6H,7-8H2,1-2H3. The molecule has 0 unspecified atom stereocenters. The van der Waals surface area contributed by atoms with Crippen LogP contribution in [-0.4, -0.2) is 29.9 Å². The molecule has 0 fully saturated rings. The summed E-state index contributed by atoms with van der Waals surface area (Å²) in [5.41, 5.74) is 1.16. The molecular weight excluding hydrogens is 296 g/mol. The number of aryl methyl sites for hydroxylation is 1. The number of carbonyl (C=O) groups is 1. The zero-order valence-electron chi connectivity index (χ0n) is 11.2. The molecule has 0 aliphatic rings. The fraction of sp³-hybridized carbons (Fsp3) is 0.308. The molecule has 0 atom stereocenters. The highest BCUT2D eigenvalue weighted by molar-refractivity contribution is 8.00. The predicted molar refractivity (Wildman–Crippen MR) is 78.2 cm³/mol. The Morgan fingerprint density at radius 3 is 2.65 bits per heavy atom. The van der Waals surface area contributed by atoms with Crippen molar-refractivity contribution >= 4 is 29.1 Å². The second-order valence-corrected chi connectivity index (χ2v) is 6.29. The summed E-state index contributed by atoms with van der Waals surface area (Å²) in [5, 5.41) is 9.01. The van der Waals surface area contributed by atoms with Gasteiger partial charge in [0.1, 0.15) is 10.8 Å². The highest BCUT2D eigenvalue weighted by Gasteiger charge is 2.04. The van der Waals surface area contributed by atoms with E-state index in [0.717, 1.165) is 20.7 Å². The van der Waals surface area contributed by atoms with Crippen LogP contribution in [0.3, 0.4) is 0 Å². The van der Waals surface area contributed by atoms with Gasteiger partial charge in [0, 0.05) is 5.75 Å². The van der Waals surface area contributed by atoms with E-state index in [1.165, 1.54) is 7.11 Å².